The maximum atomic E-state index is 12.0. The molecule has 0 aliphatic carbocycles. The van der Waals surface area contributed by atoms with Gasteiger partial charge in [0.15, 0.2) is 0 Å². The molecule has 0 atom stereocenters. The summed E-state index contributed by atoms with van der Waals surface area (Å²) in [6, 6.07) is 3.30. The molecule has 0 aliphatic heterocycles. The third kappa shape index (κ3) is 2.36. The molecule has 0 fully saturated rings. The molecular weight excluding hydrogens is 254 g/mol. The van der Waals surface area contributed by atoms with Crippen LogP contribution in [0.2, 0.25) is 5.02 Å². The molecule has 0 spiro atoms. The van der Waals surface area contributed by atoms with Gasteiger partial charge in [0, 0.05) is 22.3 Å². The van der Waals surface area contributed by atoms with E-state index in [0.717, 1.165) is 0 Å². The number of pyridine rings is 1. The molecule has 0 bridgehead atoms. The van der Waals surface area contributed by atoms with Gasteiger partial charge in [-0.05, 0) is 26.0 Å². The van der Waals surface area contributed by atoms with Crippen LogP contribution in [0, 0.1) is 13.8 Å². The predicted octanol–water partition coefficient (Wildman–Crippen LogP) is 1.25. The number of hydrogen-bond acceptors (Lipinski definition) is 3. The van der Waals surface area contributed by atoms with Gasteiger partial charge in [-0.3, -0.25) is 19.7 Å². The molecule has 0 unspecified atom stereocenters. The molecule has 2 aromatic rings. The fourth-order valence-electron chi connectivity index (χ4n) is 1.60. The molecule has 2 heterocycles. The van der Waals surface area contributed by atoms with E-state index in [1.165, 1.54) is 4.68 Å². The monoisotopic (exact) mass is 265 g/mol. The molecule has 0 saturated heterocycles. The molecule has 5 nitrogen and oxygen atoms in total. The van der Waals surface area contributed by atoms with Gasteiger partial charge in [-0.2, -0.15) is 0 Å². The summed E-state index contributed by atoms with van der Waals surface area (Å²) in [7, 11) is 0. The maximum absolute atomic E-state index is 12.0. The first kappa shape index (κ1) is 12.6. The van der Waals surface area contributed by atoms with Crippen molar-refractivity contribution >= 4 is 11.6 Å². The number of hydrogen-bond donors (Lipinski definition) is 1. The SMILES string of the molecule is Cc1c(C)c(=O)n(Cc2cc(Cl)ccn2)[nH]c1=O. The van der Waals surface area contributed by atoms with Gasteiger partial charge < -0.3 is 0 Å². The molecule has 2 aromatic heterocycles. The molecule has 0 aliphatic rings. The summed E-state index contributed by atoms with van der Waals surface area (Å²) in [5.74, 6) is 0. The Bertz CT molecular complexity index is 703. The van der Waals surface area contributed by atoms with Gasteiger partial charge in [0.2, 0.25) is 0 Å². The minimum atomic E-state index is -0.269. The van der Waals surface area contributed by atoms with Crippen LogP contribution in [0.25, 0.3) is 0 Å². The second kappa shape index (κ2) is 4.78. The highest BCUT2D eigenvalue weighted by Gasteiger charge is 2.08. The first-order valence-electron chi connectivity index (χ1n) is 5.40. The van der Waals surface area contributed by atoms with Gasteiger partial charge in [-0.1, -0.05) is 11.6 Å². The van der Waals surface area contributed by atoms with Crippen LogP contribution in [-0.2, 0) is 6.54 Å². The number of nitrogens with one attached hydrogen (secondary N) is 1. The first-order chi connectivity index (χ1) is 8.49. The van der Waals surface area contributed by atoms with Crippen molar-refractivity contribution < 1.29 is 0 Å². The van der Waals surface area contributed by atoms with E-state index < -0.39 is 0 Å². The zero-order chi connectivity index (χ0) is 13.3. The fourth-order valence-corrected chi connectivity index (χ4v) is 1.78. The second-order valence-electron chi connectivity index (χ2n) is 4.05. The van der Waals surface area contributed by atoms with Gasteiger partial charge in [0.1, 0.15) is 0 Å². The van der Waals surface area contributed by atoms with Crippen LogP contribution in [-0.4, -0.2) is 14.8 Å². The summed E-state index contributed by atoms with van der Waals surface area (Å²) in [6.45, 7) is 3.45. The summed E-state index contributed by atoms with van der Waals surface area (Å²) >= 11 is 5.84. The highest BCUT2D eigenvalue weighted by molar-refractivity contribution is 6.30. The van der Waals surface area contributed by atoms with Crippen molar-refractivity contribution in [1.29, 1.82) is 0 Å². The number of nitrogens with zero attached hydrogens (tertiary/aromatic N) is 2. The molecule has 94 valence electrons. The number of aromatic amines is 1. The van der Waals surface area contributed by atoms with E-state index in [2.05, 4.69) is 10.1 Å². The first-order valence-corrected chi connectivity index (χ1v) is 5.77. The van der Waals surface area contributed by atoms with Crippen LogP contribution >= 0.6 is 11.6 Å². The van der Waals surface area contributed by atoms with E-state index in [1.807, 2.05) is 0 Å². The van der Waals surface area contributed by atoms with E-state index in [9.17, 15) is 9.59 Å². The Morgan fingerprint density at radius 2 is 2.06 bits per heavy atom. The van der Waals surface area contributed by atoms with Crippen LogP contribution < -0.4 is 11.1 Å². The van der Waals surface area contributed by atoms with Crippen LogP contribution in [0.3, 0.4) is 0 Å². The average Bonchev–Trinajstić information content (AvgIpc) is 2.33. The largest absolute Gasteiger partial charge is 0.268 e. The maximum Gasteiger partial charge on any atom is 0.268 e. The Balaban J connectivity index is 2.48. The molecule has 1 N–H and O–H groups in total. The molecule has 18 heavy (non-hydrogen) atoms. The Hall–Kier alpha value is -1.88. The smallest absolute Gasteiger partial charge is 0.268 e. The summed E-state index contributed by atoms with van der Waals surface area (Å²) in [5, 5.41) is 3.06. The third-order valence-electron chi connectivity index (χ3n) is 2.80. The van der Waals surface area contributed by atoms with E-state index in [0.29, 0.717) is 21.8 Å². The minimum Gasteiger partial charge on any atom is -0.268 e. The summed E-state index contributed by atoms with van der Waals surface area (Å²) in [5.41, 5.74) is 1.00. The van der Waals surface area contributed by atoms with Crippen molar-refractivity contribution in [2.24, 2.45) is 0 Å². The molecule has 6 heteroatoms. The number of halogens is 1. The van der Waals surface area contributed by atoms with Gasteiger partial charge in [-0.25, -0.2) is 4.68 Å². The van der Waals surface area contributed by atoms with Crippen LogP contribution in [0.15, 0.2) is 27.9 Å². The Kier molecular flexibility index (Phi) is 3.34. The molecule has 0 saturated carbocycles. The topological polar surface area (TPSA) is 67.8 Å². The van der Waals surface area contributed by atoms with Crippen LogP contribution in [0.5, 0.6) is 0 Å². The van der Waals surface area contributed by atoms with Crippen molar-refractivity contribution in [2.75, 3.05) is 0 Å². The van der Waals surface area contributed by atoms with Crippen molar-refractivity contribution in [3.05, 3.63) is 60.9 Å². The summed E-state index contributed by atoms with van der Waals surface area (Å²) < 4.78 is 1.24. The van der Waals surface area contributed by atoms with Crippen molar-refractivity contribution in [3.63, 3.8) is 0 Å². The summed E-state index contributed by atoms with van der Waals surface area (Å²) in [4.78, 5) is 27.7. The molecular formula is C12H12ClN3O2. The van der Waals surface area contributed by atoms with E-state index in [1.54, 1.807) is 32.2 Å². The average molecular weight is 266 g/mol. The molecule has 2 rings (SSSR count). The second-order valence-corrected chi connectivity index (χ2v) is 4.48. The van der Waals surface area contributed by atoms with Gasteiger partial charge in [-0.15, -0.1) is 0 Å². The lowest BCUT2D eigenvalue weighted by Gasteiger charge is -2.07. The summed E-state index contributed by atoms with van der Waals surface area (Å²) in [6.07, 6.45) is 1.56. The Labute approximate surface area is 108 Å². The van der Waals surface area contributed by atoms with Crippen molar-refractivity contribution in [3.8, 4) is 0 Å². The lowest BCUT2D eigenvalue weighted by molar-refractivity contribution is 0.608. The van der Waals surface area contributed by atoms with Gasteiger partial charge >= 0.3 is 0 Å². The zero-order valence-corrected chi connectivity index (χ0v) is 10.8. The highest BCUT2D eigenvalue weighted by atomic mass is 35.5. The fraction of sp³-hybridized carbons (Fsp3) is 0.250. The third-order valence-corrected chi connectivity index (χ3v) is 3.04. The standard InChI is InChI=1S/C12H12ClN3O2/c1-7-8(2)12(18)16(15-11(7)17)6-10-5-9(13)3-4-14-10/h3-5H,6H2,1-2H3,(H,15,17). The lowest BCUT2D eigenvalue weighted by Crippen LogP contribution is -2.33. The van der Waals surface area contributed by atoms with E-state index in [4.69, 9.17) is 11.6 Å². The quantitative estimate of drug-likeness (QED) is 0.889. The number of rotatable bonds is 2. The normalized spacial score (nSPS) is 10.6. The van der Waals surface area contributed by atoms with Crippen LogP contribution in [0.4, 0.5) is 0 Å². The highest BCUT2D eigenvalue weighted by Crippen LogP contribution is 2.08. The Morgan fingerprint density at radius 3 is 2.72 bits per heavy atom. The van der Waals surface area contributed by atoms with Gasteiger partial charge in [0.05, 0.1) is 12.2 Å². The van der Waals surface area contributed by atoms with Crippen molar-refractivity contribution in [1.82, 2.24) is 14.8 Å². The lowest BCUT2D eigenvalue weighted by atomic mass is 10.2. The molecule has 0 radical (unpaired) electrons. The molecule has 0 aromatic carbocycles. The zero-order valence-electron chi connectivity index (χ0n) is 10.0. The van der Waals surface area contributed by atoms with Crippen LogP contribution in [0.1, 0.15) is 16.8 Å². The number of aromatic nitrogens is 3. The van der Waals surface area contributed by atoms with Crippen molar-refractivity contribution in [2.45, 2.75) is 20.4 Å². The number of H-pyrrole nitrogens is 1. The van der Waals surface area contributed by atoms with E-state index >= 15 is 0 Å². The predicted molar refractivity (Wildman–Crippen MR) is 69.1 cm³/mol. The van der Waals surface area contributed by atoms with Gasteiger partial charge in [0.25, 0.3) is 11.1 Å². The Morgan fingerprint density at radius 1 is 1.33 bits per heavy atom. The van der Waals surface area contributed by atoms with E-state index in [-0.39, 0.29) is 17.7 Å². The molecule has 0 amide bonds. The minimum absolute atomic E-state index is 0.190.